The molecule has 4 nitrogen and oxygen atoms in total. The minimum atomic E-state index is 0.662. The average molecular weight is 237 g/mol. The van der Waals surface area contributed by atoms with Crippen molar-refractivity contribution in [2.45, 2.75) is 38.8 Å². The van der Waals surface area contributed by atoms with Gasteiger partial charge in [-0.3, -0.25) is 0 Å². The fourth-order valence-corrected chi connectivity index (χ4v) is 2.61. The third-order valence-corrected chi connectivity index (χ3v) is 3.64. The second-order valence-electron chi connectivity index (χ2n) is 4.96. The molecule has 0 aliphatic heterocycles. The number of nitrogens with one attached hydrogen (secondary N) is 1. The second kappa shape index (κ2) is 6.17. The number of ether oxygens (including phenoxy) is 1. The lowest BCUT2D eigenvalue weighted by Gasteiger charge is -2.16. The summed E-state index contributed by atoms with van der Waals surface area (Å²) in [6.45, 7) is 4.80. The van der Waals surface area contributed by atoms with Crippen LogP contribution in [0.5, 0.6) is 0 Å². The van der Waals surface area contributed by atoms with Crippen molar-refractivity contribution in [2.24, 2.45) is 5.92 Å². The average Bonchev–Trinajstić information content (AvgIpc) is 2.93. The molecule has 0 spiro atoms. The van der Waals surface area contributed by atoms with Crippen LogP contribution in [-0.2, 0) is 11.3 Å². The number of hydrogen-bond donors (Lipinski definition) is 1. The number of rotatable bonds is 6. The van der Waals surface area contributed by atoms with E-state index < -0.39 is 0 Å². The number of aromatic nitrogens is 2. The Morgan fingerprint density at radius 3 is 3.12 bits per heavy atom. The Balaban J connectivity index is 1.83. The summed E-state index contributed by atoms with van der Waals surface area (Å²) in [5, 5.41) is 3.32. The van der Waals surface area contributed by atoms with Gasteiger partial charge >= 0.3 is 0 Å². The molecule has 2 atom stereocenters. The minimum Gasteiger partial charge on any atom is -0.383 e. The van der Waals surface area contributed by atoms with Gasteiger partial charge < -0.3 is 14.6 Å². The van der Waals surface area contributed by atoms with Crippen LogP contribution in [0.1, 0.15) is 37.9 Å². The standard InChI is InChI=1S/C13H23N3O/c1-11-4-3-5-13(11)16-9-12(15-10-16)8-14-6-7-17-2/h9-11,13-14H,3-8H2,1-2H3. The van der Waals surface area contributed by atoms with E-state index in [1.807, 2.05) is 6.33 Å². The maximum atomic E-state index is 4.99. The van der Waals surface area contributed by atoms with E-state index in [0.717, 1.165) is 31.3 Å². The van der Waals surface area contributed by atoms with Crippen LogP contribution in [0, 0.1) is 5.92 Å². The molecule has 1 saturated carbocycles. The third kappa shape index (κ3) is 3.30. The molecule has 0 amide bonds. The van der Waals surface area contributed by atoms with E-state index in [9.17, 15) is 0 Å². The largest absolute Gasteiger partial charge is 0.383 e. The Kier molecular flexibility index (Phi) is 4.57. The maximum absolute atomic E-state index is 4.99. The summed E-state index contributed by atoms with van der Waals surface area (Å²) >= 11 is 0. The van der Waals surface area contributed by atoms with Crippen LogP contribution in [0.2, 0.25) is 0 Å². The third-order valence-electron chi connectivity index (χ3n) is 3.64. The molecule has 0 bridgehead atoms. The predicted octanol–water partition coefficient (Wildman–Crippen LogP) is 1.98. The van der Waals surface area contributed by atoms with Crippen molar-refractivity contribution in [3.8, 4) is 0 Å². The van der Waals surface area contributed by atoms with E-state index in [1.54, 1.807) is 7.11 Å². The van der Waals surface area contributed by atoms with Crippen LogP contribution in [0.3, 0.4) is 0 Å². The van der Waals surface area contributed by atoms with Gasteiger partial charge in [-0.15, -0.1) is 0 Å². The smallest absolute Gasteiger partial charge is 0.0952 e. The quantitative estimate of drug-likeness (QED) is 0.769. The van der Waals surface area contributed by atoms with E-state index >= 15 is 0 Å². The molecule has 2 rings (SSSR count). The molecule has 2 unspecified atom stereocenters. The van der Waals surface area contributed by atoms with Crippen LogP contribution in [-0.4, -0.2) is 29.8 Å². The molecule has 1 aromatic heterocycles. The molecule has 1 heterocycles. The highest BCUT2D eigenvalue weighted by Crippen LogP contribution is 2.35. The zero-order chi connectivity index (χ0) is 12.1. The van der Waals surface area contributed by atoms with Crippen molar-refractivity contribution in [3.05, 3.63) is 18.2 Å². The maximum Gasteiger partial charge on any atom is 0.0952 e. The van der Waals surface area contributed by atoms with Crippen molar-refractivity contribution in [2.75, 3.05) is 20.3 Å². The Morgan fingerprint density at radius 1 is 1.53 bits per heavy atom. The zero-order valence-corrected chi connectivity index (χ0v) is 10.9. The van der Waals surface area contributed by atoms with Gasteiger partial charge in [0.2, 0.25) is 0 Å². The highest BCUT2D eigenvalue weighted by molar-refractivity contribution is 4.99. The van der Waals surface area contributed by atoms with Gasteiger partial charge in [-0.05, 0) is 18.8 Å². The first-order valence-corrected chi connectivity index (χ1v) is 6.53. The van der Waals surface area contributed by atoms with Gasteiger partial charge in [0.1, 0.15) is 0 Å². The number of nitrogens with zero attached hydrogens (tertiary/aromatic N) is 2. The summed E-state index contributed by atoms with van der Waals surface area (Å²) in [4.78, 5) is 4.45. The van der Waals surface area contributed by atoms with Crippen LogP contribution in [0.25, 0.3) is 0 Å². The number of methoxy groups -OCH3 is 1. The van der Waals surface area contributed by atoms with Crippen molar-refractivity contribution in [1.82, 2.24) is 14.9 Å². The van der Waals surface area contributed by atoms with Gasteiger partial charge in [-0.1, -0.05) is 13.3 Å². The first kappa shape index (κ1) is 12.6. The van der Waals surface area contributed by atoms with Crippen LogP contribution >= 0.6 is 0 Å². The molecular formula is C13H23N3O. The van der Waals surface area contributed by atoms with Gasteiger partial charge in [0.15, 0.2) is 0 Å². The summed E-state index contributed by atoms with van der Waals surface area (Å²) < 4.78 is 7.29. The highest BCUT2D eigenvalue weighted by Gasteiger charge is 2.24. The van der Waals surface area contributed by atoms with E-state index in [4.69, 9.17) is 4.74 Å². The molecule has 1 aliphatic rings. The molecule has 1 aliphatic carbocycles. The molecule has 4 heteroatoms. The summed E-state index contributed by atoms with van der Waals surface area (Å²) in [6.07, 6.45) is 8.18. The lowest BCUT2D eigenvalue weighted by Crippen LogP contribution is -2.18. The Hall–Kier alpha value is -0.870. The number of hydrogen-bond acceptors (Lipinski definition) is 3. The Morgan fingerprint density at radius 2 is 2.41 bits per heavy atom. The Labute approximate surface area is 103 Å². The SMILES string of the molecule is COCCNCc1cn(C2CCCC2C)cn1. The van der Waals surface area contributed by atoms with Gasteiger partial charge in [0.05, 0.1) is 18.6 Å². The molecule has 0 radical (unpaired) electrons. The molecule has 1 N–H and O–H groups in total. The summed E-state index contributed by atoms with van der Waals surface area (Å²) in [5.41, 5.74) is 1.13. The van der Waals surface area contributed by atoms with Crippen molar-refractivity contribution >= 4 is 0 Å². The zero-order valence-electron chi connectivity index (χ0n) is 10.9. The molecule has 1 fully saturated rings. The fourth-order valence-electron chi connectivity index (χ4n) is 2.61. The van der Waals surface area contributed by atoms with E-state index in [0.29, 0.717) is 6.04 Å². The first-order valence-electron chi connectivity index (χ1n) is 6.53. The lowest BCUT2D eigenvalue weighted by atomic mass is 10.1. The van der Waals surface area contributed by atoms with Crippen molar-refractivity contribution in [3.63, 3.8) is 0 Å². The normalized spacial score (nSPS) is 24.4. The van der Waals surface area contributed by atoms with Gasteiger partial charge in [0.25, 0.3) is 0 Å². The fraction of sp³-hybridized carbons (Fsp3) is 0.769. The number of imidazole rings is 1. The van der Waals surface area contributed by atoms with Crippen molar-refractivity contribution in [1.29, 1.82) is 0 Å². The van der Waals surface area contributed by atoms with E-state index in [1.165, 1.54) is 19.3 Å². The molecule has 0 aromatic carbocycles. The summed E-state index contributed by atoms with van der Waals surface area (Å²) in [7, 11) is 1.72. The topological polar surface area (TPSA) is 39.1 Å². The van der Waals surface area contributed by atoms with E-state index in [-0.39, 0.29) is 0 Å². The van der Waals surface area contributed by atoms with Crippen LogP contribution in [0.4, 0.5) is 0 Å². The first-order chi connectivity index (χ1) is 8.31. The van der Waals surface area contributed by atoms with Gasteiger partial charge in [-0.2, -0.15) is 0 Å². The summed E-state index contributed by atoms with van der Waals surface area (Å²) in [6, 6.07) is 0.662. The van der Waals surface area contributed by atoms with Gasteiger partial charge in [-0.25, -0.2) is 4.98 Å². The molecular weight excluding hydrogens is 214 g/mol. The second-order valence-corrected chi connectivity index (χ2v) is 4.96. The van der Waals surface area contributed by atoms with E-state index in [2.05, 4.69) is 28.0 Å². The Bertz CT molecular complexity index is 337. The predicted molar refractivity (Wildman–Crippen MR) is 67.9 cm³/mol. The molecule has 0 saturated heterocycles. The summed E-state index contributed by atoms with van der Waals surface area (Å²) in [5.74, 6) is 0.790. The highest BCUT2D eigenvalue weighted by atomic mass is 16.5. The molecule has 96 valence electrons. The lowest BCUT2D eigenvalue weighted by molar-refractivity contribution is 0.199. The van der Waals surface area contributed by atoms with Crippen molar-refractivity contribution < 1.29 is 4.74 Å². The monoisotopic (exact) mass is 237 g/mol. The van der Waals surface area contributed by atoms with Crippen LogP contribution < -0.4 is 5.32 Å². The molecule has 17 heavy (non-hydrogen) atoms. The van der Waals surface area contributed by atoms with Gasteiger partial charge in [0, 0.05) is 32.4 Å². The minimum absolute atomic E-state index is 0.662. The van der Waals surface area contributed by atoms with Crippen LogP contribution in [0.15, 0.2) is 12.5 Å². The molecule has 1 aromatic rings.